The first-order valence-corrected chi connectivity index (χ1v) is 5.29. The number of benzene rings is 1. The Labute approximate surface area is 100 Å². The Morgan fingerprint density at radius 3 is 2.72 bits per heavy atom. The largest absolute Gasteiger partial charge is 0.500 e. The molecule has 0 aromatic heterocycles. The molecule has 2 heterocycles. The fraction of sp³-hybridized carbons (Fsp3) is 0.167. The average molecular weight is 252 g/mol. The molecule has 0 saturated heterocycles. The van der Waals surface area contributed by atoms with E-state index < -0.39 is 17.5 Å². The zero-order valence-corrected chi connectivity index (χ0v) is 9.08. The van der Waals surface area contributed by atoms with Crippen LogP contribution in [-0.2, 0) is 4.74 Å². The van der Waals surface area contributed by atoms with Gasteiger partial charge in [0.05, 0.1) is 24.2 Å². The summed E-state index contributed by atoms with van der Waals surface area (Å²) in [5.74, 6) is -4.01. The van der Waals surface area contributed by atoms with Crippen molar-refractivity contribution in [3.05, 3.63) is 47.0 Å². The highest BCUT2D eigenvalue weighted by Crippen LogP contribution is 2.25. The van der Waals surface area contributed by atoms with Crippen LogP contribution < -0.4 is 0 Å². The third-order valence-corrected chi connectivity index (χ3v) is 2.78. The van der Waals surface area contributed by atoms with E-state index in [0.29, 0.717) is 24.3 Å². The van der Waals surface area contributed by atoms with Crippen LogP contribution in [0.5, 0.6) is 0 Å². The summed E-state index contributed by atoms with van der Waals surface area (Å²) < 4.78 is 44.8. The molecule has 92 valence electrons. The summed E-state index contributed by atoms with van der Waals surface area (Å²) in [4.78, 5) is 0. The molecule has 0 bridgehead atoms. The van der Waals surface area contributed by atoms with Gasteiger partial charge in [-0.05, 0) is 12.1 Å². The van der Waals surface area contributed by atoms with Crippen molar-refractivity contribution in [2.24, 2.45) is 10.2 Å². The molecule has 0 unspecified atom stereocenters. The molecule has 3 rings (SSSR count). The Kier molecular flexibility index (Phi) is 2.43. The molecular formula is C12H7F3N2O. The molecule has 0 saturated carbocycles. The van der Waals surface area contributed by atoms with Crippen molar-refractivity contribution < 1.29 is 17.9 Å². The molecule has 0 fully saturated rings. The fourth-order valence-corrected chi connectivity index (χ4v) is 1.87. The zero-order valence-electron chi connectivity index (χ0n) is 9.08. The molecule has 1 aromatic rings. The van der Waals surface area contributed by atoms with E-state index in [-0.39, 0.29) is 11.3 Å². The molecule has 6 heteroatoms. The van der Waals surface area contributed by atoms with Crippen molar-refractivity contribution >= 4 is 11.4 Å². The highest BCUT2D eigenvalue weighted by molar-refractivity contribution is 6.32. The van der Waals surface area contributed by atoms with E-state index in [0.717, 1.165) is 12.1 Å². The van der Waals surface area contributed by atoms with Gasteiger partial charge in [0, 0.05) is 12.0 Å². The van der Waals surface area contributed by atoms with E-state index in [4.69, 9.17) is 4.74 Å². The van der Waals surface area contributed by atoms with Crippen molar-refractivity contribution in [2.45, 2.75) is 6.42 Å². The number of fused-ring (bicyclic) bond motifs is 1. The van der Waals surface area contributed by atoms with Crippen LogP contribution in [0.15, 0.2) is 34.2 Å². The third-order valence-electron chi connectivity index (χ3n) is 2.78. The van der Waals surface area contributed by atoms with E-state index in [1.807, 2.05) is 0 Å². The maximum absolute atomic E-state index is 13.7. The first-order valence-electron chi connectivity index (χ1n) is 5.29. The summed E-state index contributed by atoms with van der Waals surface area (Å²) in [6, 6.07) is 2.00. The molecule has 0 radical (unpaired) electrons. The topological polar surface area (TPSA) is 34.0 Å². The number of halogens is 3. The van der Waals surface area contributed by atoms with Gasteiger partial charge in [-0.1, -0.05) is 0 Å². The minimum atomic E-state index is -1.51. The van der Waals surface area contributed by atoms with Crippen LogP contribution in [0.4, 0.5) is 13.2 Å². The maximum Gasteiger partial charge on any atom is 0.195 e. The van der Waals surface area contributed by atoms with Gasteiger partial charge in [0.2, 0.25) is 0 Å². The van der Waals surface area contributed by atoms with Crippen LogP contribution >= 0.6 is 0 Å². The van der Waals surface area contributed by atoms with Crippen LogP contribution in [0.1, 0.15) is 12.0 Å². The number of nitrogens with zero attached hydrogens (tertiary/aromatic N) is 2. The Hall–Kier alpha value is -2.11. The maximum atomic E-state index is 13.7. The summed E-state index contributed by atoms with van der Waals surface area (Å²) in [5.41, 5.74) is 1.23. The summed E-state index contributed by atoms with van der Waals surface area (Å²) in [6.45, 7) is 0.478. The van der Waals surface area contributed by atoms with Crippen molar-refractivity contribution in [3.8, 4) is 0 Å². The van der Waals surface area contributed by atoms with Crippen molar-refractivity contribution in [2.75, 3.05) is 6.61 Å². The lowest BCUT2D eigenvalue weighted by atomic mass is 9.97. The van der Waals surface area contributed by atoms with Crippen LogP contribution in [0.3, 0.4) is 0 Å². The van der Waals surface area contributed by atoms with Crippen LogP contribution in [-0.4, -0.2) is 18.0 Å². The summed E-state index contributed by atoms with van der Waals surface area (Å²) >= 11 is 0. The Balaban J connectivity index is 2.08. The molecule has 2 aliphatic heterocycles. The van der Waals surface area contributed by atoms with Crippen LogP contribution in [0.2, 0.25) is 0 Å². The number of hydrogen-bond acceptors (Lipinski definition) is 3. The molecule has 0 amide bonds. The van der Waals surface area contributed by atoms with Crippen LogP contribution in [0, 0.1) is 17.5 Å². The molecular weight excluding hydrogens is 245 g/mol. The van der Waals surface area contributed by atoms with Gasteiger partial charge in [-0.2, -0.15) is 5.10 Å². The second-order valence-corrected chi connectivity index (χ2v) is 3.87. The first-order chi connectivity index (χ1) is 8.68. The minimum absolute atomic E-state index is 0.121. The Bertz CT molecular complexity index is 620. The van der Waals surface area contributed by atoms with E-state index in [9.17, 15) is 13.2 Å². The van der Waals surface area contributed by atoms with Crippen LogP contribution in [0.25, 0.3) is 0 Å². The minimum Gasteiger partial charge on any atom is -0.500 e. The van der Waals surface area contributed by atoms with Gasteiger partial charge < -0.3 is 4.74 Å². The Morgan fingerprint density at radius 1 is 1.06 bits per heavy atom. The lowest BCUT2D eigenvalue weighted by Gasteiger charge is -2.13. The number of ether oxygens (including phenoxy) is 1. The number of allylic oxidation sites excluding steroid dienone is 1. The van der Waals surface area contributed by atoms with E-state index in [2.05, 4.69) is 10.2 Å². The molecule has 0 spiro atoms. The number of rotatable bonds is 1. The normalized spacial score (nSPS) is 17.6. The third kappa shape index (κ3) is 1.53. The molecule has 3 nitrogen and oxygen atoms in total. The average Bonchev–Trinajstić information content (AvgIpc) is 2.80. The second kappa shape index (κ2) is 3.97. The van der Waals surface area contributed by atoms with Gasteiger partial charge in [0.1, 0.15) is 5.71 Å². The quantitative estimate of drug-likeness (QED) is 0.707. The SMILES string of the molecule is Fc1ccc(C2=NN=C3CCOC=C32)c(F)c1F. The van der Waals surface area contributed by atoms with Crippen molar-refractivity contribution in [1.82, 2.24) is 0 Å². The second-order valence-electron chi connectivity index (χ2n) is 3.87. The summed E-state index contributed by atoms with van der Waals surface area (Å²) in [5, 5.41) is 7.69. The van der Waals surface area contributed by atoms with E-state index in [1.165, 1.54) is 6.26 Å². The predicted octanol–water partition coefficient (Wildman–Crippen LogP) is 2.57. The molecule has 18 heavy (non-hydrogen) atoms. The lowest BCUT2D eigenvalue weighted by Crippen LogP contribution is -2.17. The van der Waals surface area contributed by atoms with Gasteiger partial charge in [-0.15, -0.1) is 5.10 Å². The van der Waals surface area contributed by atoms with Gasteiger partial charge in [0.15, 0.2) is 17.5 Å². The molecule has 2 aliphatic rings. The first kappa shape index (κ1) is 11.0. The van der Waals surface area contributed by atoms with Gasteiger partial charge in [-0.3, -0.25) is 0 Å². The van der Waals surface area contributed by atoms with Crippen molar-refractivity contribution in [1.29, 1.82) is 0 Å². The highest BCUT2D eigenvalue weighted by Gasteiger charge is 2.28. The lowest BCUT2D eigenvalue weighted by molar-refractivity contribution is 0.253. The molecule has 1 aromatic carbocycles. The summed E-state index contributed by atoms with van der Waals surface area (Å²) in [7, 11) is 0. The van der Waals surface area contributed by atoms with Gasteiger partial charge in [0.25, 0.3) is 0 Å². The fourth-order valence-electron chi connectivity index (χ4n) is 1.87. The molecule has 0 N–H and O–H groups in total. The smallest absolute Gasteiger partial charge is 0.195 e. The standard InChI is InChI=1S/C12H7F3N2O/c13-8-2-1-6(10(14)11(8)15)12-7-5-18-4-3-9(7)16-17-12/h1-2,5H,3-4H2. The van der Waals surface area contributed by atoms with E-state index in [1.54, 1.807) is 0 Å². The Morgan fingerprint density at radius 2 is 1.89 bits per heavy atom. The monoisotopic (exact) mass is 252 g/mol. The predicted molar refractivity (Wildman–Crippen MR) is 58.9 cm³/mol. The molecule has 0 atom stereocenters. The van der Waals surface area contributed by atoms with E-state index >= 15 is 0 Å². The van der Waals surface area contributed by atoms with Gasteiger partial charge >= 0.3 is 0 Å². The van der Waals surface area contributed by atoms with Gasteiger partial charge in [-0.25, -0.2) is 13.2 Å². The van der Waals surface area contributed by atoms with Crippen molar-refractivity contribution in [3.63, 3.8) is 0 Å². The number of hydrogen-bond donors (Lipinski definition) is 0. The molecule has 0 aliphatic carbocycles. The summed E-state index contributed by atoms with van der Waals surface area (Å²) in [6.07, 6.45) is 1.97. The zero-order chi connectivity index (χ0) is 12.7. The highest BCUT2D eigenvalue weighted by atomic mass is 19.2.